The van der Waals surface area contributed by atoms with Gasteiger partial charge in [-0.15, -0.1) is 11.3 Å². The first-order chi connectivity index (χ1) is 20.4. The first-order valence-electron chi connectivity index (χ1n) is 13.4. The van der Waals surface area contributed by atoms with Crippen LogP contribution in [0.2, 0.25) is 5.02 Å². The van der Waals surface area contributed by atoms with Crippen molar-refractivity contribution >= 4 is 39.1 Å². The Kier molecular flexibility index (Phi) is 9.45. The second-order valence-electron chi connectivity index (χ2n) is 9.64. The van der Waals surface area contributed by atoms with E-state index < -0.39 is 12.1 Å². The SMILES string of the molecule is COCC#Cc1sc2ncnc(O[C@H](Cc3ccccc3OC3CCCCO3)C(=O)O)c2c1-c1ccc(O)c(Cl)c1C. The van der Waals surface area contributed by atoms with Crippen molar-refractivity contribution in [3.05, 3.63) is 63.8 Å². The minimum atomic E-state index is -1.29. The van der Waals surface area contributed by atoms with Crippen molar-refractivity contribution in [2.45, 2.75) is 45.0 Å². The van der Waals surface area contributed by atoms with E-state index in [0.717, 1.165) is 19.3 Å². The number of nitrogens with zero attached hydrogens (tertiary/aromatic N) is 2. The molecule has 2 N–H and O–H groups in total. The highest BCUT2D eigenvalue weighted by Crippen LogP contribution is 2.45. The number of aliphatic carboxylic acids is 1. The summed E-state index contributed by atoms with van der Waals surface area (Å²) in [4.78, 5) is 22.5. The average Bonchev–Trinajstić information content (AvgIpc) is 3.36. The Labute approximate surface area is 252 Å². The number of phenolic OH excluding ortho intramolecular Hbond substituents is 1. The van der Waals surface area contributed by atoms with Gasteiger partial charge in [0.2, 0.25) is 12.0 Å². The largest absolute Gasteiger partial charge is 0.506 e. The number of carboxylic acids is 1. The fraction of sp³-hybridized carbons (Fsp3) is 0.323. The van der Waals surface area contributed by atoms with Gasteiger partial charge in [-0.1, -0.05) is 47.7 Å². The van der Waals surface area contributed by atoms with Gasteiger partial charge in [0.15, 0.2) is 6.29 Å². The fourth-order valence-electron chi connectivity index (χ4n) is 4.72. The van der Waals surface area contributed by atoms with Crippen molar-refractivity contribution in [2.24, 2.45) is 0 Å². The van der Waals surface area contributed by atoms with E-state index in [-0.39, 0.29) is 36.0 Å². The molecule has 0 bridgehead atoms. The van der Waals surface area contributed by atoms with Gasteiger partial charge in [0.25, 0.3) is 0 Å². The summed E-state index contributed by atoms with van der Waals surface area (Å²) in [5, 5.41) is 21.1. The van der Waals surface area contributed by atoms with Gasteiger partial charge in [-0.3, -0.25) is 0 Å². The number of hydrogen-bond acceptors (Lipinski definition) is 9. The lowest BCUT2D eigenvalue weighted by atomic mass is 9.98. The molecule has 42 heavy (non-hydrogen) atoms. The number of hydrogen-bond donors (Lipinski definition) is 2. The van der Waals surface area contributed by atoms with Gasteiger partial charge in [0.05, 0.1) is 21.9 Å². The third kappa shape index (κ3) is 6.45. The van der Waals surface area contributed by atoms with E-state index in [1.807, 2.05) is 18.2 Å². The predicted molar refractivity (Wildman–Crippen MR) is 159 cm³/mol. The lowest BCUT2D eigenvalue weighted by molar-refractivity contribution is -0.145. The predicted octanol–water partition coefficient (Wildman–Crippen LogP) is 6.00. The van der Waals surface area contributed by atoms with Gasteiger partial charge < -0.3 is 29.2 Å². The highest BCUT2D eigenvalue weighted by Gasteiger charge is 2.28. The molecule has 2 aromatic heterocycles. The molecule has 2 aromatic carbocycles. The molecule has 218 valence electrons. The quantitative estimate of drug-likeness (QED) is 0.220. The van der Waals surface area contributed by atoms with Crippen molar-refractivity contribution in [3.8, 4) is 40.3 Å². The van der Waals surface area contributed by atoms with Crippen molar-refractivity contribution in [3.63, 3.8) is 0 Å². The molecule has 4 aromatic rings. The van der Waals surface area contributed by atoms with Crippen molar-refractivity contribution in [1.29, 1.82) is 0 Å². The van der Waals surface area contributed by atoms with Crippen LogP contribution in [0.3, 0.4) is 0 Å². The standard InChI is InChI=1S/C31H29ClN2O7S/c1-18-20(12-13-21(35)28(18)32)26-24(10-7-14-38-2)42-30-27(26)29(33-17-34-30)41-23(31(36)37)16-19-8-3-4-9-22(19)40-25-11-5-6-15-39-25/h3-4,8-9,12-13,17,23,25,35H,5-6,11,14-16H2,1-2H3,(H,36,37)/t23-,25?/m1/s1. The molecule has 2 atom stereocenters. The number of carbonyl (C=O) groups is 1. The number of halogens is 1. The van der Waals surface area contributed by atoms with Crippen LogP contribution < -0.4 is 9.47 Å². The molecule has 1 fully saturated rings. The van der Waals surface area contributed by atoms with Gasteiger partial charge >= 0.3 is 5.97 Å². The number of phenols is 1. The van der Waals surface area contributed by atoms with Crippen LogP contribution in [-0.2, 0) is 20.7 Å². The molecule has 11 heteroatoms. The maximum Gasteiger partial charge on any atom is 0.345 e. The maximum atomic E-state index is 12.5. The number of thiophene rings is 1. The van der Waals surface area contributed by atoms with Crippen molar-refractivity contribution in [2.75, 3.05) is 20.3 Å². The summed E-state index contributed by atoms with van der Waals surface area (Å²) in [6, 6.07) is 10.5. The first-order valence-corrected chi connectivity index (χ1v) is 14.6. The van der Waals surface area contributed by atoms with Crippen LogP contribution in [0.25, 0.3) is 21.3 Å². The monoisotopic (exact) mass is 608 g/mol. The van der Waals surface area contributed by atoms with Crippen LogP contribution in [0.4, 0.5) is 0 Å². The molecular weight excluding hydrogens is 580 g/mol. The molecule has 0 spiro atoms. The summed E-state index contributed by atoms with van der Waals surface area (Å²) in [6.45, 7) is 2.63. The van der Waals surface area contributed by atoms with E-state index >= 15 is 0 Å². The van der Waals surface area contributed by atoms with Crippen molar-refractivity contribution < 1.29 is 34.0 Å². The van der Waals surface area contributed by atoms with Crippen LogP contribution >= 0.6 is 22.9 Å². The Bertz CT molecular complexity index is 1660. The molecule has 0 saturated carbocycles. The number of carboxylic acid groups (broad SMARTS) is 1. The van der Waals surface area contributed by atoms with E-state index in [1.54, 1.807) is 26.2 Å². The number of methoxy groups -OCH3 is 1. The number of rotatable bonds is 9. The van der Waals surface area contributed by atoms with E-state index in [1.165, 1.54) is 23.7 Å². The Balaban J connectivity index is 1.55. The molecule has 3 heterocycles. The third-order valence-electron chi connectivity index (χ3n) is 6.81. The number of benzene rings is 2. The zero-order valence-corrected chi connectivity index (χ0v) is 24.6. The zero-order chi connectivity index (χ0) is 29.6. The number of para-hydroxylation sites is 1. The highest BCUT2D eigenvalue weighted by molar-refractivity contribution is 7.19. The Morgan fingerprint density at radius 3 is 2.83 bits per heavy atom. The molecule has 1 unspecified atom stereocenters. The van der Waals surface area contributed by atoms with Gasteiger partial charge in [-0.2, -0.15) is 0 Å². The molecule has 0 aliphatic carbocycles. The highest BCUT2D eigenvalue weighted by atomic mass is 35.5. The molecule has 1 aliphatic rings. The summed E-state index contributed by atoms with van der Waals surface area (Å²) in [6.07, 6.45) is 2.44. The maximum absolute atomic E-state index is 12.5. The lowest BCUT2D eigenvalue weighted by Gasteiger charge is -2.25. The Morgan fingerprint density at radius 2 is 2.07 bits per heavy atom. The zero-order valence-electron chi connectivity index (χ0n) is 23.1. The van der Waals surface area contributed by atoms with Crippen LogP contribution in [-0.4, -0.2) is 58.9 Å². The summed E-state index contributed by atoms with van der Waals surface area (Å²) in [5.41, 5.74) is 2.60. The lowest BCUT2D eigenvalue weighted by Crippen LogP contribution is -2.30. The van der Waals surface area contributed by atoms with Gasteiger partial charge in [0.1, 0.15) is 29.3 Å². The molecule has 5 rings (SSSR count). The van der Waals surface area contributed by atoms with Gasteiger partial charge in [0, 0.05) is 25.5 Å². The number of ether oxygens (including phenoxy) is 4. The first kappa shape index (κ1) is 29.6. The number of fused-ring (bicyclic) bond motifs is 1. The van der Waals surface area contributed by atoms with E-state index in [4.69, 9.17) is 30.5 Å². The topological polar surface area (TPSA) is 120 Å². The van der Waals surface area contributed by atoms with Crippen molar-refractivity contribution in [1.82, 2.24) is 9.97 Å². The second-order valence-corrected chi connectivity index (χ2v) is 11.0. The summed E-state index contributed by atoms with van der Waals surface area (Å²) in [5.74, 6) is 5.52. The van der Waals surface area contributed by atoms with Gasteiger partial charge in [-0.25, -0.2) is 14.8 Å². The molecular formula is C31H29ClN2O7S. The van der Waals surface area contributed by atoms with Crippen LogP contribution in [0.15, 0.2) is 42.7 Å². The molecule has 0 amide bonds. The van der Waals surface area contributed by atoms with E-state index in [2.05, 4.69) is 21.8 Å². The van der Waals surface area contributed by atoms with E-state index in [9.17, 15) is 15.0 Å². The summed E-state index contributed by atoms with van der Waals surface area (Å²) in [7, 11) is 1.55. The fourth-order valence-corrected chi connectivity index (χ4v) is 5.91. The Morgan fingerprint density at radius 1 is 1.24 bits per heavy atom. The normalized spacial score (nSPS) is 15.5. The average molecular weight is 609 g/mol. The minimum absolute atomic E-state index is 0.0216. The summed E-state index contributed by atoms with van der Waals surface area (Å²) >= 11 is 7.72. The molecule has 1 aliphatic heterocycles. The van der Waals surface area contributed by atoms with E-state index in [0.29, 0.717) is 49.7 Å². The Hall–Kier alpha value is -3.88. The number of aromatic hydroxyl groups is 1. The number of aromatic nitrogens is 2. The smallest absolute Gasteiger partial charge is 0.345 e. The summed E-state index contributed by atoms with van der Waals surface area (Å²) < 4.78 is 23.1. The van der Waals surface area contributed by atoms with Crippen LogP contribution in [0, 0.1) is 18.8 Å². The van der Waals surface area contributed by atoms with Crippen LogP contribution in [0.5, 0.6) is 17.4 Å². The molecule has 0 radical (unpaired) electrons. The second kappa shape index (κ2) is 13.4. The third-order valence-corrected chi connectivity index (χ3v) is 8.30. The molecule has 9 nitrogen and oxygen atoms in total. The van der Waals surface area contributed by atoms with Crippen LogP contribution in [0.1, 0.15) is 35.3 Å². The van der Waals surface area contributed by atoms with Gasteiger partial charge in [-0.05, 0) is 48.6 Å². The molecule has 1 saturated heterocycles. The minimum Gasteiger partial charge on any atom is -0.506 e.